The molecule has 2 bridgehead atoms. The van der Waals surface area contributed by atoms with E-state index in [0.717, 1.165) is 86.3 Å². The molecule has 2 aromatic rings. The van der Waals surface area contributed by atoms with Crippen molar-refractivity contribution >= 4 is 11.9 Å². The molecular weight excluding hydrogens is 368 g/mol. The molecule has 3 aliphatic rings. The first-order chi connectivity index (χ1) is 14.1. The fraction of sp³-hybridized carbons (Fsp3) is 0.619. The Labute approximate surface area is 170 Å². The summed E-state index contributed by atoms with van der Waals surface area (Å²) in [6, 6.07) is 0.273. The van der Waals surface area contributed by atoms with Gasteiger partial charge in [0, 0.05) is 49.6 Å². The van der Waals surface area contributed by atoms with E-state index in [1.165, 1.54) is 0 Å². The van der Waals surface area contributed by atoms with Crippen LogP contribution in [0.2, 0.25) is 0 Å². The Hall–Kier alpha value is -2.48. The number of amides is 1. The number of aromatic nitrogens is 4. The maximum absolute atomic E-state index is 13.6. The van der Waals surface area contributed by atoms with Gasteiger partial charge in [-0.1, -0.05) is 0 Å². The van der Waals surface area contributed by atoms with E-state index < -0.39 is 0 Å². The molecule has 0 aromatic carbocycles. The smallest absolute Gasteiger partial charge is 0.258 e. The van der Waals surface area contributed by atoms with Gasteiger partial charge in [0.05, 0.1) is 36.2 Å². The molecule has 0 aliphatic carbocycles. The Balaban J connectivity index is 1.46. The SMILES string of the molecule is CCn1nc(C)c(C(=O)N2C3CCC2c2cnc(N4CCOCC4)nc2C3)c1C. The summed E-state index contributed by atoms with van der Waals surface area (Å²) in [6.07, 6.45) is 4.75. The Kier molecular flexibility index (Phi) is 4.53. The topological polar surface area (TPSA) is 76.4 Å². The molecule has 2 fully saturated rings. The first kappa shape index (κ1) is 18.5. The molecule has 0 N–H and O–H groups in total. The standard InChI is InChI=1S/C21H28N6O2/c1-4-26-14(3)19(13(2)24-26)20(28)27-15-5-6-18(27)16-12-22-21(23-17(16)11-15)25-7-9-29-10-8-25/h12,15,18H,4-11H2,1-3H3. The molecule has 8 nitrogen and oxygen atoms in total. The lowest BCUT2D eigenvalue weighted by molar-refractivity contribution is 0.0642. The third-order valence-corrected chi connectivity index (χ3v) is 6.60. The second-order valence-corrected chi connectivity index (χ2v) is 8.20. The first-order valence-electron chi connectivity index (χ1n) is 10.6. The summed E-state index contributed by atoms with van der Waals surface area (Å²) in [4.78, 5) is 27.4. The van der Waals surface area contributed by atoms with Crippen LogP contribution in [-0.2, 0) is 17.7 Å². The van der Waals surface area contributed by atoms with Gasteiger partial charge in [-0.05, 0) is 33.6 Å². The molecule has 2 saturated heterocycles. The highest BCUT2D eigenvalue weighted by atomic mass is 16.5. The van der Waals surface area contributed by atoms with E-state index in [1.54, 1.807) is 0 Å². The average molecular weight is 396 g/mol. The molecular formula is C21H28N6O2. The minimum atomic E-state index is 0.0683. The van der Waals surface area contributed by atoms with Gasteiger partial charge in [0.2, 0.25) is 5.95 Å². The fourth-order valence-corrected chi connectivity index (χ4v) is 5.14. The number of nitrogens with zero attached hydrogens (tertiary/aromatic N) is 6. The van der Waals surface area contributed by atoms with E-state index in [9.17, 15) is 4.79 Å². The van der Waals surface area contributed by atoms with Crippen molar-refractivity contribution in [3.05, 3.63) is 34.4 Å². The number of fused-ring (bicyclic) bond motifs is 4. The summed E-state index contributed by atoms with van der Waals surface area (Å²) in [7, 11) is 0. The second kappa shape index (κ2) is 7.09. The Bertz CT molecular complexity index is 949. The molecule has 8 heteroatoms. The Morgan fingerprint density at radius 2 is 2.03 bits per heavy atom. The molecule has 2 unspecified atom stereocenters. The molecule has 1 amide bonds. The highest BCUT2D eigenvalue weighted by Crippen LogP contribution is 2.44. The predicted molar refractivity (Wildman–Crippen MR) is 108 cm³/mol. The van der Waals surface area contributed by atoms with Crippen LogP contribution < -0.4 is 4.90 Å². The molecule has 2 atom stereocenters. The van der Waals surface area contributed by atoms with Gasteiger partial charge in [0.1, 0.15) is 0 Å². The monoisotopic (exact) mass is 396 g/mol. The summed E-state index contributed by atoms with van der Waals surface area (Å²) in [5.41, 5.74) is 4.76. The molecule has 154 valence electrons. The van der Waals surface area contributed by atoms with E-state index in [0.29, 0.717) is 0 Å². The minimum Gasteiger partial charge on any atom is -0.378 e. The number of hydrogen-bond acceptors (Lipinski definition) is 6. The second-order valence-electron chi connectivity index (χ2n) is 8.20. The van der Waals surface area contributed by atoms with Gasteiger partial charge in [-0.25, -0.2) is 9.97 Å². The van der Waals surface area contributed by atoms with Crippen LogP contribution in [0, 0.1) is 13.8 Å². The van der Waals surface area contributed by atoms with Crippen molar-refractivity contribution in [3.8, 4) is 0 Å². The van der Waals surface area contributed by atoms with Crippen LogP contribution in [0.5, 0.6) is 0 Å². The van der Waals surface area contributed by atoms with Crippen LogP contribution in [-0.4, -0.2) is 62.9 Å². The van der Waals surface area contributed by atoms with Crippen LogP contribution in [0.15, 0.2) is 6.20 Å². The number of rotatable bonds is 3. The van der Waals surface area contributed by atoms with Crippen molar-refractivity contribution in [2.24, 2.45) is 0 Å². The fourth-order valence-electron chi connectivity index (χ4n) is 5.14. The van der Waals surface area contributed by atoms with Crippen LogP contribution >= 0.6 is 0 Å². The Morgan fingerprint density at radius 3 is 2.76 bits per heavy atom. The number of hydrogen-bond donors (Lipinski definition) is 0. The predicted octanol–water partition coefficient (Wildman–Crippen LogP) is 2.05. The third-order valence-electron chi connectivity index (χ3n) is 6.60. The van der Waals surface area contributed by atoms with E-state index in [1.807, 2.05) is 24.7 Å². The van der Waals surface area contributed by atoms with Crippen molar-refractivity contribution in [2.45, 2.75) is 58.7 Å². The van der Waals surface area contributed by atoms with Crippen molar-refractivity contribution < 1.29 is 9.53 Å². The average Bonchev–Trinajstić information content (AvgIpc) is 3.22. The molecule has 0 spiro atoms. The lowest BCUT2D eigenvalue weighted by Crippen LogP contribution is -2.43. The maximum atomic E-state index is 13.6. The van der Waals surface area contributed by atoms with Crippen molar-refractivity contribution in [3.63, 3.8) is 0 Å². The molecule has 2 aromatic heterocycles. The summed E-state index contributed by atoms with van der Waals surface area (Å²) < 4.78 is 7.36. The van der Waals surface area contributed by atoms with Crippen LogP contribution in [0.1, 0.15) is 58.8 Å². The van der Waals surface area contributed by atoms with Crippen molar-refractivity contribution in [2.75, 3.05) is 31.2 Å². The lowest BCUT2D eigenvalue weighted by atomic mass is 9.97. The summed E-state index contributed by atoms with van der Waals surface area (Å²) in [5.74, 6) is 0.900. The lowest BCUT2D eigenvalue weighted by Gasteiger charge is -2.36. The number of carbonyl (C=O) groups is 1. The van der Waals surface area contributed by atoms with Gasteiger partial charge < -0.3 is 14.5 Å². The number of carbonyl (C=O) groups excluding carboxylic acids is 1. The van der Waals surface area contributed by atoms with Crippen LogP contribution in [0.4, 0.5) is 5.95 Å². The van der Waals surface area contributed by atoms with Crippen molar-refractivity contribution in [1.29, 1.82) is 0 Å². The Morgan fingerprint density at radius 1 is 1.24 bits per heavy atom. The third kappa shape index (κ3) is 2.92. The number of aryl methyl sites for hydroxylation is 2. The van der Waals surface area contributed by atoms with Gasteiger partial charge in [0.25, 0.3) is 5.91 Å². The summed E-state index contributed by atoms with van der Waals surface area (Å²) >= 11 is 0. The molecule has 5 heterocycles. The van der Waals surface area contributed by atoms with Gasteiger partial charge in [0.15, 0.2) is 0 Å². The molecule has 0 saturated carbocycles. The highest BCUT2D eigenvalue weighted by molar-refractivity contribution is 5.97. The highest BCUT2D eigenvalue weighted by Gasteiger charge is 2.44. The van der Waals surface area contributed by atoms with Gasteiger partial charge in [-0.3, -0.25) is 9.48 Å². The van der Waals surface area contributed by atoms with E-state index in [2.05, 4.69) is 26.8 Å². The summed E-state index contributed by atoms with van der Waals surface area (Å²) in [5, 5.41) is 4.55. The van der Waals surface area contributed by atoms with E-state index in [4.69, 9.17) is 9.72 Å². The van der Waals surface area contributed by atoms with E-state index >= 15 is 0 Å². The minimum absolute atomic E-state index is 0.0683. The van der Waals surface area contributed by atoms with Crippen molar-refractivity contribution in [1.82, 2.24) is 24.6 Å². The zero-order chi connectivity index (χ0) is 20.1. The number of anilines is 1. The van der Waals surface area contributed by atoms with Crippen LogP contribution in [0.3, 0.4) is 0 Å². The number of morpholine rings is 1. The van der Waals surface area contributed by atoms with Gasteiger partial charge in [-0.15, -0.1) is 0 Å². The molecule has 3 aliphatic heterocycles. The largest absolute Gasteiger partial charge is 0.378 e. The number of ether oxygens (including phenoxy) is 1. The van der Waals surface area contributed by atoms with Gasteiger partial charge >= 0.3 is 0 Å². The normalized spacial score (nSPS) is 23.4. The molecule has 29 heavy (non-hydrogen) atoms. The maximum Gasteiger partial charge on any atom is 0.258 e. The first-order valence-corrected chi connectivity index (χ1v) is 10.6. The zero-order valence-electron chi connectivity index (χ0n) is 17.4. The van der Waals surface area contributed by atoms with Gasteiger partial charge in [-0.2, -0.15) is 5.10 Å². The zero-order valence-corrected chi connectivity index (χ0v) is 17.4. The van der Waals surface area contributed by atoms with E-state index in [-0.39, 0.29) is 18.0 Å². The molecule has 0 radical (unpaired) electrons. The summed E-state index contributed by atoms with van der Waals surface area (Å²) in [6.45, 7) is 9.85. The quantitative estimate of drug-likeness (QED) is 0.790. The van der Waals surface area contributed by atoms with Crippen LogP contribution in [0.25, 0.3) is 0 Å². The molecule has 5 rings (SSSR count).